The van der Waals surface area contributed by atoms with Crippen molar-refractivity contribution < 1.29 is 14.0 Å². The van der Waals surface area contributed by atoms with E-state index < -0.39 is 0 Å². The summed E-state index contributed by atoms with van der Waals surface area (Å²) in [6.45, 7) is 0.419. The summed E-state index contributed by atoms with van der Waals surface area (Å²) in [5, 5.41) is 6.25. The zero-order valence-corrected chi connectivity index (χ0v) is 15.3. The van der Waals surface area contributed by atoms with E-state index in [1.165, 1.54) is 0 Å². The van der Waals surface area contributed by atoms with Gasteiger partial charge in [0.1, 0.15) is 0 Å². The van der Waals surface area contributed by atoms with Gasteiger partial charge >= 0.3 is 0 Å². The first-order valence-electron chi connectivity index (χ1n) is 8.58. The van der Waals surface area contributed by atoms with Crippen molar-refractivity contribution in [2.24, 2.45) is 0 Å². The van der Waals surface area contributed by atoms with Gasteiger partial charge in [0.05, 0.1) is 12.5 Å². The van der Waals surface area contributed by atoms with Gasteiger partial charge in [-0.3, -0.25) is 9.59 Å². The fourth-order valence-electron chi connectivity index (χ4n) is 2.58. The van der Waals surface area contributed by atoms with Crippen LogP contribution in [0.5, 0.6) is 0 Å². The third kappa shape index (κ3) is 5.46. The second-order valence-corrected chi connectivity index (χ2v) is 6.44. The van der Waals surface area contributed by atoms with Crippen LogP contribution in [0.1, 0.15) is 23.2 Å². The first-order valence-corrected chi connectivity index (χ1v) is 8.96. The molecule has 0 aliphatic heterocycles. The van der Waals surface area contributed by atoms with E-state index in [9.17, 15) is 9.59 Å². The molecule has 0 aliphatic carbocycles. The molecular formula is C21H19ClN2O3. The van der Waals surface area contributed by atoms with Crippen LogP contribution in [0.2, 0.25) is 5.02 Å². The Morgan fingerprint density at radius 1 is 1.00 bits per heavy atom. The second-order valence-electron chi connectivity index (χ2n) is 6.01. The Kier molecular flexibility index (Phi) is 6.28. The van der Waals surface area contributed by atoms with Crippen LogP contribution >= 0.6 is 11.6 Å². The Morgan fingerprint density at radius 2 is 1.81 bits per heavy atom. The number of furan rings is 1. The number of anilines is 1. The molecule has 0 bridgehead atoms. The summed E-state index contributed by atoms with van der Waals surface area (Å²) in [5.74, 6) is -0.271. The summed E-state index contributed by atoms with van der Waals surface area (Å²) in [6, 6.07) is 16.1. The zero-order chi connectivity index (χ0) is 19.1. The van der Waals surface area contributed by atoms with Crippen LogP contribution in [-0.4, -0.2) is 18.4 Å². The van der Waals surface area contributed by atoms with E-state index in [2.05, 4.69) is 10.6 Å². The van der Waals surface area contributed by atoms with Crippen molar-refractivity contribution in [1.29, 1.82) is 0 Å². The van der Waals surface area contributed by atoms with E-state index in [1.807, 2.05) is 24.3 Å². The molecule has 1 aromatic heterocycles. The normalized spacial score (nSPS) is 10.4. The van der Waals surface area contributed by atoms with Gasteiger partial charge in [0, 0.05) is 34.8 Å². The van der Waals surface area contributed by atoms with Crippen molar-refractivity contribution in [3.05, 3.63) is 77.7 Å². The molecule has 6 heteroatoms. The number of nitrogens with one attached hydrogen (secondary N) is 2. The highest BCUT2D eigenvalue weighted by atomic mass is 35.5. The average molecular weight is 383 g/mol. The molecule has 0 aliphatic rings. The minimum Gasteiger partial charge on any atom is -0.472 e. The van der Waals surface area contributed by atoms with E-state index in [4.69, 9.17) is 16.0 Å². The predicted molar refractivity (Wildman–Crippen MR) is 106 cm³/mol. The van der Waals surface area contributed by atoms with Crippen molar-refractivity contribution in [2.75, 3.05) is 11.9 Å². The molecule has 5 nitrogen and oxygen atoms in total. The van der Waals surface area contributed by atoms with Crippen molar-refractivity contribution in [3.8, 4) is 11.1 Å². The second kappa shape index (κ2) is 9.05. The molecule has 3 aromatic rings. The maximum absolute atomic E-state index is 12.3. The van der Waals surface area contributed by atoms with Gasteiger partial charge in [-0.25, -0.2) is 0 Å². The quantitative estimate of drug-likeness (QED) is 0.579. The average Bonchev–Trinajstić information content (AvgIpc) is 3.22. The number of benzene rings is 2. The van der Waals surface area contributed by atoms with Crippen LogP contribution < -0.4 is 10.6 Å². The summed E-state index contributed by atoms with van der Waals surface area (Å²) < 4.78 is 5.07. The lowest BCUT2D eigenvalue weighted by Gasteiger charge is -2.07. The van der Waals surface area contributed by atoms with Gasteiger partial charge in [0.25, 0.3) is 5.91 Å². The lowest BCUT2D eigenvalue weighted by molar-refractivity contribution is -0.116. The Hall–Kier alpha value is -3.05. The van der Waals surface area contributed by atoms with Gasteiger partial charge < -0.3 is 15.1 Å². The van der Waals surface area contributed by atoms with Crippen LogP contribution in [0.3, 0.4) is 0 Å². The van der Waals surface area contributed by atoms with Gasteiger partial charge in [0.2, 0.25) is 5.91 Å². The molecule has 3 rings (SSSR count). The Labute approximate surface area is 162 Å². The molecule has 2 amide bonds. The Morgan fingerprint density at radius 3 is 2.56 bits per heavy atom. The Balaban J connectivity index is 1.44. The molecule has 1 heterocycles. The molecule has 138 valence electrons. The number of hydrogen-bond acceptors (Lipinski definition) is 3. The van der Waals surface area contributed by atoms with E-state index in [-0.39, 0.29) is 11.8 Å². The number of carbonyl (C=O) groups is 2. The van der Waals surface area contributed by atoms with Crippen molar-refractivity contribution >= 4 is 29.1 Å². The number of carbonyl (C=O) groups excluding carboxylic acids is 2. The molecule has 0 saturated heterocycles. The summed E-state index contributed by atoms with van der Waals surface area (Å²) in [6.07, 6.45) is 4.10. The lowest BCUT2D eigenvalue weighted by Crippen LogP contribution is -2.25. The van der Waals surface area contributed by atoms with Crippen molar-refractivity contribution in [2.45, 2.75) is 12.8 Å². The van der Waals surface area contributed by atoms with Crippen LogP contribution in [0.4, 0.5) is 5.69 Å². The molecule has 0 saturated carbocycles. The fraction of sp³-hybridized carbons (Fsp3) is 0.143. The van der Waals surface area contributed by atoms with Gasteiger partial charge in [-0.15, -0.1) is 0 Å². The first-order chi connectivity index (χ1) is 13.1. The fourth-order valence-corrected chi connectivity index (χ4v) is 2.70. The molecule has 0 radical (unpaired) electrons. The smallest absolute Gasteiger partial charge is 0.251 e. The highest BCUT2D eigenvalue weighted by Crippen LogP contribution is 2.20. The van der Waals surface area contributed by atoms with Crippen LogP contribution in [0.15, 0.2) is 71.5 Å². The highest BCUT2D eigenvalue weighted by molar-refractivity contribution is 6.30. The van der Waals surface area contributed by atoms with E-state index in [0.717, 1.165) is 11.1 Å². The van der Waals surface area contributed by atoms with Gasteiger partial charge in [-0.05, 0) is 54.4 Å². The molecule has 2 N–H and O–H groups in total. The van der Waals surface area contributed by atoms with E-state index in [1.54, 1.807) is 42.9 Å². The van der Waals surface area contributed by atoms with Crippen LogP contribution in [0.25, 0.3) is 11.1 Å². The van der Waals surface area contributed by atoms with E-state index in [0.29, 0.717) is 35.7 Å². The molecule has 0 spiro atoms. The largest absolute Gasteiger partial charge is 0.472 e. The summed E-state index contributed by atoms with van der Waals surface area (Å²) in [7, 11) is 0. The number of rotatable bonds is 7. The standard InChI is InChI=1S/C21H19ClN2O3/c22-18-6-8-19(9-7-18)24-20(25)5-2-11-23-21(26)16-4-1-3-15(13-16)17-10-12-27-14-17/h1,3-4,6-10,12-14H,2,5,11H2,(H,23,26)(H,24,25). The monoisotopic (exact) mass is 382 g/mol. The van der Waals surface area contributed by atoms with Crippen molar-refractivity contribution in [1.82, 2.24) is 5.32 Å². The molecule has 0 fully saturated rings. The summed E-state index contributed by atoms with van der Waals surface area (Å²) in [4.78, 5) is 24.2. The molecule has 0 unspecified atom stereocenters. The molecular weight excluding hydrogens is 364 g/mol. The summed E-state index contributed by atoms with van der Waals surface area (Å²) >= 11 is 5.81. The van der Waals surface area contributed by atoms with Crippen LogP contribution in [-0.2, 0) is 4.79 Å². The first kappa shape index (κ1) is 18.7. The molecule has 27 heavy (non-hydrogen) atoms. The minimum atomic E-state index is -0.168. The maximum Gasteiger partial charge on any atom is 0.251 e. The number of amides is 2. The topological polar surface area (TPSA) is 71.3 Å². The Bertz CT molecular complexity index is 905. The number of halogens is 1. The van der Waals surface area contributed by atoms with E-state index >= 15 is 0 Å². The maximum atomic E-state index is 12.3. The third-order valence-corrected chi connectivity index (χ3v) is 4.23. The highest BCUT2D eigenvalue weighted by Gasteiger charge is 2.08. The van der Waals surface area contributed by atoms with Gasteiger partial charge in [0.15, 0.2) is 0 Å². The van der Waals surface area contributed by atoms with Crippen molar-refractivity contribution in [3.63, 3.8) is 0 Å². The molecule has 0 atom stereocenters. The predicted octanol–water partition coefficient (Wildman–Crippen LogP) is 4.75. The van der Waals surface area contributed by atoms with Gasteiger partial charge in [-0.1, -0.05) is 23.7 Å². The summed E-state index contributed by atoms with van der Waals surface area (Å²) in [5.41, 5.74) is 3.10. The zero-order valence-electron chi connectivity index (χ0n) is 14.6. The minimum absolute atomic E-state index is 0.103. The van der Waals surface area contributed by atoms with Crippen LogP contribution in [0, 0.1) is 0 Å². The van der Waals surface area contributed by atoms with Gasteiger partial charge in [-0.2, -0.15) is 0 Å². The SMILES string of the molecule is O=C(CCCNC(=O)c1cccc(-c2ccoc2)c1)Nc1ccc(Cl)cc1. The lowest BCUT2D eigenvalue weighted by atomic mass is 10.1. The molecule has 2 aromatic carbocycles. The number of hydrogen-bond donors (Lipinski definition) is 2. The third-order valence-electron chi connectivity index (χ3n) is 3.97.